The van der Waals surface area contributed by atoms with Gasteiger partial charge in [-0.15, -0.1) is 16.4 Å². The predicted molar refractivity (Wildman–Crippen MR) is 80.6 cm³/mol. The van der Waals surface area contributed by atoms with Crippen LogP contribution in [0.5, 0.6) is 0 Å². The van der Waals surface area contributed by atoms with Gasteiger partial charge in [-0.2, -0.15) is 0 Å². The second-order valence-electron chi connectivity index (χ2n) is 4.11. The molecule has 104 valence electrons. The molecule has 0 aliphatic rings. The first-order valence-corrected chi connectivity index (χ1v) is 7.85. The van der Waals surface area contributed by atoms with Gasteiger partial charge in [0.15, 0.2) is 0 Å². The van der Waals surface area contributed by atoms with Crippen LogP contribution in [-0.2, 0) is 6.42 Å². The van der Waals surface area contributed by atoms with Crippen molar-refractivity contribution in [3.63, 3.8) is 0 Å². The molecule has 0 radical (unpaired) electrons. The SMILES string of the molecule is CCNC(C)c1nnc(NCCc2ccc(Br)s2)o1. The number of nitrogens with zero attached hydrogens (tertiary/aromatic N) is 2. The average Bonchev–Trinajstić information content (AvgIpc) is 2.99. The van der Waals surface area contributed by atoms with Crippen LogP contribution in [0, 0.1) is 0 Å². The van der Waals surface area contributed by atoms with Crippen molar-refractivity contribution in [3.05, 3.63) is 26.7 Å². The molecule has 0 aliphatic carbocycles. The second-order valence-corrected chi connectivity index (χ2v) is 6.65. The van der Waals surface area contributed by atoms with E-state index in [0.717, 1.165) is 23.3 Å². The molecule has 1 unspecified atom stereocenters. The van der Waals surface area contributed by atoms with Gasteiger partial charge in [-0.3, -0.25) is 0 Å². The maximum Gasteiger partial charge on any atom is 0.315 e. The highest BCUT2D eigenvalue weighted by molar-refractivity contribution is 9.11. The van der Waals surface area contributed by atoms with E-state index in [9.17, 15) is 0 Å². The maximum absolute atomic E-state index is 5.54. The van der Waals surface area contributed by atoms with E-state index in [0.29, 0.717) is 11.9 Å². The molecule has 0 saturated heterocycles. The first kappa shape index (κ1) is 14.5. The molecule has 0 aromatic carbocycles. The zero-order valence-corrected chi connectivity index (χ0v) is 13.3. The molecular weight excluding hydrogens is 328 g/mol. The van der Waals surface area contributed by atoms with Crippen LogP contribution in [0.4, 0.5) is 6.01 Å². The minimum absolute atomic E-state index is 0.0845. The molecular formula is C12H17BrN4OS. The highest BCUT2D eigenvalue weighted by Crippen LogP contribution is 2.22. The summed E-state index contributed by atoms with van der Waals surface area (Å²) in [4.78, 5) is 1.32. The van der Waals surface area contributed by atoms with Gasteiger partial charge in [-0.25, -0.2) is 0 Å². The lowest BCUT2D eigenvalue weighted by Gasteiger charge is -2.05. The Morgan fingerprint density at radius 1 is 1.42 bits per heavy atom. The van der Waals surface area contributed by atoms with E-state index >= 15 is 0 Å². The van der Waals surface area contributed by atoms with Crippen molar-refractivity contribution in [1.29, 1.82) is 0 Å². The van der Waals surface area contributed by atoms with E-state index in [1.807, 2.05) is 13.8 Å². The number of thiophene rings is 1. The molecule has 19 heavy (non-hydrogen) atoms. The molecule has 0 bridgehead atoms. The van der Waals surface area contributed by atoms with Crippen LogP contribution in [0.25, 0.3) is 0 Å². The Balaban J connectivity index is 1.80. The van der Waals surface area contributed by atoms with E-state index in [1.165, 1.54) is 4.88 Å². The van der Waals surface area contributed by atoms with Crippen LogP contribution in [-0.4, -0.2) is 23.3 Å². The topological polar surface area (TPSA) is 63.0 Å². The number of rotatable bonds is 7. The summed E-state index contributed by atoms with van der Waals surface area (Å²) in [6.07, 6.45) is 0.941. The van der Waals surface area contributed by atoms with Gasteiger partial charge in [0.25, 0.3) is 0 Å². The third kappa shape index (κ3) is 4.29. The number of hydrogen-bond donors (Lipinski definition) is 2. The smallest absolute Gasteiger partial charge is 0.315 e. The van der Waals surface area contributed by atoms with Gasteiger partial charge < -0.3 is 15.1 Å². The number of anilines is 1. The van der Waals surface area contributed by atoms with Gasteiger partial charge in [-0.1, -0.05) is 12.0 Å². The van der Waals surface area contributed by atoms with E-state index in [4.69, 9.17) is 4.42 Å². The summed E-state index contributed by atoms with van der Waals surface area (Å²) in [5.74, 6) is 0.614. The van der Waals surface area contributed by atoms with Crippen LogP contribution in [0.3, 0.4) is 0 Å². The van der Waals surface area contributed by atoms with E-state index in [1.54, 1.807) is 11.3 Å². The Morgan fingerprint density at radius 2 is 2.26 bits per heavy atom. The van der Waals surface area contributed by atoms with E-state index in [2.05, 4.69) is 48.9 Å². The molecule has 2 aromatic heterocycles. The fraction of sp³-hybridized carbons (Fsp3) is 0.500. The summed E-state index contributed by atoms with van der Waals surface area (Å²) in [5, 5.41) is 14.4. The van der Waals surface area contributed by atoms with Crippen molar-refractivity contribution in [3.8, 4) is 0 Å². The third-order valence-corrected chi connectivity index (χ3v) is 4.28. The quantitative estimate of drug-likeness (QED) is 0.807. The van der Waals surface area contributed by atoms with Gasteiger partial charge in [0.1, 0.15) is 0 Å². The molecule has 2 N–H and O–H groups in total. The minimum Gasteiger partial charge on any atom is -0.406 e. The molecule has 7 heteroatoms. The Kier molecular flexibility index (Phi) is 5.35. The van der Waals surface area contributed by atoms with Crippen molar-refractivity contribution in [2.45, 2.75) is 26.3 Å². The van der Waals surface area contributed by atoms with Gasteiger partial charge in [0, 0.05) is 11.4 Å². The van der Waals surface area contributed by atoms with Crippen LogP contribution in [0.15, 0.2) is 20.3 Å². The van der Waals surface area contributed by atoms with Crippen LogP contribution >= 0.6 is 27.3 Å². The lowest BCUT2D eigenvalue weighted by molar-refractivity contribution is 0.429. The van der Waals surface area contributed by atoms with Crippen LogP contribution < -0.4 is 10.6 Å². The molecule has 2 heterocycles. The highest BCUT2D eigenvalue weighted by Gasteiger charge is 2.12. The van der Waals surface area contributed by atoms with Crippen molar-refractivity contribution in [1.82, 2.24) is 15.5 Å². The molecule has 0 saturated carbocycles. The standard InChI is InChI=1S/C12H17BrN4OS/c1-3-14-8(2)11-16-17-12(18-11)15-7-6-9-4-5-10(13)19-9/h4-5,8,14H,3,6-7H2,1-2H3,(H,15,17). The highest BCUT2D eigenvalue weighted by atomic mass is 79.9. The van der Waals surface area contributed by atoms with Gasteiger partial charge >= 0.3 is 6.01 Å². The molecule has 0 aliphatic heterocycles. The maximum atomic E-state index is 5.54. The molecule has 5 nitrogen and oxygen atoms in total. The van der Waals surface area contributed by atoms with Crippen molar-refractivity contribution >= 4 is 33.3 Å². The van der Waals surface area contributed by atoms with E-state index < -0.39 is 0 Å². The van der Waals surface area contributed by atoms with Gasteiger partial charge in [-0.05, 0) is 48.0 Å². The molecule has 2 aromatic rings. The molecule has 0 amide bonds. The molecule has 0 spiro atoms. The summed E-state index contributed by atoms with van der Waals surface area (Å²) in [5.41, 5.74) is 0. The number of halogens is 1. The summed E-state index contributed by atoms with van der Waals surface area (Å²) in [7, 11) is 0. The van der Waals surface area contributed by atoms with E-state index in [-0.39, 0.29) is 6.04 Å². The Morgan fingerprint density at radius 3 is 2.95 bits per heavy atom. The largest absolute Gasteiger partial charge is 0.406 e. The average molecular weight is 345 g/mol. The number of hydrogen-bond acceptors (Lipinski definition) is 6. The summed E-state index contributed by atoms with van der Waals surface area (Å²) >= 11 is 5.19. The Bertz CT molecular complexity index is 513. The monoisotopic (exact) mass is 344 g/mol. The normalized spacial score (nSPS) is 12.6. The summed E-state index contributed by atoms with van der Waals surface area (Å²) < 4.78 is 6.69. The molecule has 0 fully saturated rings. The first-order chi connectivity index (χ1) is 9.19. The number of nitrogens with one attached hydrogen (secondary N) is 2. The van der Waals surface area contributed by atoms with Gasteiger partial charge in [0.05, 0.1) is 9.83 Å². The second kappa shape index (κ2) is 7.02. The Hall–Kier alpha value is -0.920. The van der Waals surface area contributed by atoms with Crippen molar-refractivity contribution in [2.24, 2.45) is 0 Å². The fourth-order valence-electron chi connectivity index (χ4n) is 1.65. The van der Waals surface area contributed by atoms with Gasteiger partial charge in [0.2, 0.25) is 5.89 Å². The molecule has 2 rings (SSSR count). The van der Waals surface area contributed by atoms with Crippen molar-refractivity contribution in [2.75, 3.05) is 18.4 Å². The lowest BCUT2D eigenvalue weighted by atomic mass is 10.3. The van der Waals surface area contributed by atoms with Crippen LogP contribution in [0.2, 0.25) is 0 Å². The first-order valence-electron chi connectivity index (χ1n) is 6.24. The fourth-order valence-corrected chi connectivity index (χ4v) is 3.14. The lowest BCUT2D eigenvalue weighted by Crippen LogP contribution is -2.17. The minimum atomic E-state index is 0.0845. The van der Waals surface area contributed by atoms with Crippen LogP contribution in [0.1, 0.15) is 30.7 Å². The third-order valence-electron chi connectivity index (χ3n) is 2.60. The zero-order valence-electron chi connectivity index (χ0n) is 10.9. The number of aromatic nitrogens is 2. The molecule has 1 atom stereocenters. The predicted octanol–water partition coefficient (Wildman–Crippen LogP) is 3.22. The Labute approximate surface area is 124 Å². The summed E-state index contributed by atoms with van der Waals surface area (Å²) in [6.45, 7) is 5.71. The van der Waals surface area contributed by atoms with Crippen molar-refractivity contribution < 1.29 is 4.42 Å². The zero-order chi connectivity index (χ0) is 13.7. The summed E-state index contributed by atoms with van der Waals surface area (Å²) in [6, 6.07) is 4.74.